The predicted octanol–water partition coefficient (Wildman–Crippen LogP) is 2.23. The van der Waals surface area contributed by atoms with E-state index in [0.29, 0.717) is 5.25 Å². The Balaban J connectivity index is 3.55. The molecule has 0 rings (SSSR count). The van der Waals surface area contributed by atoms with Crippen LogP contribution in [0, 0.1) is 0 Å². The van der Waals surface area contributed by atoms with Crippen molar-refractivity contribution in [2.24, 2.45) is 0 Å². The van der Waals surface area contributed by atoms with Crippen molar-refractivity contribution in [2.75, 3.05) is 0 Å². The van der Waals surface area contributed by atoms with Crippen LogP contribution < -0.4 is 0 Å². The Morgan fingerprint density at radius 2 is 2.44 bits per heavy atom. The average molecular weight is 144 g/mol. The van der Waals surface area contributed by atoms with Crippen molar-refractivity contribution >= 4 is 16.9 Å². The minimum absolute atomic E-state index is 0.168. The molecule has 0 aliphatic carbocycles. The summed E-state index contributed by atoms with van der Waals surface area (Å²) in [5, 5.41) is 0.476. The first kappa shape index (κ1) is 8.76. The van der Waals surface area contributed by atoms with E-state index in [-0.39, 0.29) is 5.12 Å². The lowest BCUT2D eigenvalue weighted by molar-refractivity contribution is -0.109. The summed E-state index contributed by atoms with van der Waals surface area (Å²) in [5.41, 5.74) is 0. The highest BCUT2D eigenvalue weighted by molar-refractivity contribution is 8.14. The van der Waals surface area contributed by atoms with Crippen LogP contribution >= 0.6 is 11.8 Å². The molecular weight excluding hydrogens is 132 g/mol. The van der Waals surface area contributed by atoms with Crippen molar-refractivity contribution < 1.29 is 4.79 Å². The fraction of sp³-hybridized carbons (Fsp3) is 0.571. The first-order chi connectivity index (χ1) is 4.20. The normalized spacial score (nSPS) is 12.7. The molecule has 0 spiro atoms. The van der Waals surface area contributed by atoms with Crippen molar-refractivity contribution in [3.8, 4) is 0 Å². The third-order valence-electron chi connectivity index (χ3n) is 0.983. The number of carbonyl (C=O) groups excluding carboxylic acids is 1. The van der Waals surface area contributed by atoms with Gasteiger partial charge in [-0.1, -0.05) is 24.8 Å². The highest BCUT2D eigenvalue weighted by Gasteiger charge is 2.03. The van der Waals surface area contributed by atoms with E-state index in [0.717, 1.165) is 6.42 Å². The van der Waals surface area contributed by atoms with Crippen LogP contribution in [0.5, 0.6) is 0 Å². The van der Waals surface area contributed by atoms with Gasteiger partial charge in [-0.15, -0.1) is 6.58 Å². The van der Waals surface area contributed by atoms with E-state index < -0.39 is 0 Å². The summed E-state index contributed by atoms with van der Waals surface area (Å²) < 4.78 is 0. The maximum absolute atomic E-state index is 10.5. The molecule has 0 unspecified atom stereocenters. The lowest BCUT2D eigenvalue weighted by Crippen LogP contribution is -1.97. The van der Waals surface area contributed by atoms with Crippen molar-refractivity contribution in [3.05, 3.63) is 12.7 Å². The summed E-state index contributed by atoms with van der Waals surface area (Å²) >= 11 is 1.34. The molecule has 1 nitrogen and oxygen atoms in total. The lowest BCUT2D eigenvalue weighted by atomic mass is 10.3. The van der Waals surface area contributed by atoms with Crippen LogP contribution in [0.2, 0.25) is 0 Å². The predicted molar refractivity (Wildman–Crippen MR) is 42.5 cm³/mol. The van der Waals surface area contributed by atoms with Gasteiger partial charge in [0.05, 0.1) is 0 Å². The summed E-state index contributed by atoms with van der Waals surface area (Å²) in [4.78, 5) is 10.5. The van der Waals surface area contributed by atoms with Gasteiger partial charge in [0.15, 0.2) is 5.12 Å². The molecule has 0 fully saturated rings. The van der Waals surface area contributed by atoms with Gasteiger partial charge in [0.25, 0.3) is 0 Å². The summed E-state index contributed by atoms with van der Waals surface area (Å²) in [5.74, 6) is 0. The number of thioether (sulfide) groups is 1. The van der Waals surface area contributed by atoms with Gasteiger partial charge in [-0.3, -0.25) is 4.79 Å². The maximum atomic E-state index is 10.5. The molecule has 2 heteroatoms. The summed E-state index contributed by atoms with van der Waals surface area (Å²) in [6.07, 6.45) is 2.79. The maximum Gasteiger partial charge on any atom is 0.186 e. The lowest BCUT2D eigenvalue weighted by Gasteiger charge is -2.03. The Labute approximate surface area is 60.5 Å². The molecule has 0 amide bonds. The zero-order valence-corrected chi connectivity index (χ0v) is 6.70. The van der Waals surface area contributed by atoms with Crippen molar-refractivity contribution in [2.45, 2.75) is 25.5 Å². The van der Waals surface area contributed by atoms with E-state index in [1.807, 2.05) is 13.0 Å². The molecule has 0 saturated carbocycles. The standard InChI is InChI=1S/C7H12OS/c1-4-7(5-2)9-6(3)8/h4,7H,1,5H2,2-3H3/t7-/m0/s1. The van der Waals surface area contributed by atoms with Crippen molar-refractivity contribution in [1.29, 1.82) is 0 Å². The Morgan fingerprint density at radius 1 is 1.89 bits per heavy atom. The van der Waals surface area contributed by atoms with Crippen LogP contribution in [0.25, 0.3) is 0 Å². The first-order valence-electron chi connectivity index (χ1n) is 3.00. The van der Waals surface area contributed by atoms with Crippen LogP contribution in [0.15, 0.2) is 12.7 Å². The molecule has 0 aliphatic heterocycles. The van der Waals surface area contributed by atoms with E-state index in [9.17, 15) is 4.79 Å². The highest BCUT2D eigenvalue weighted by atomic mass is 32.2. The van der Waals surface area contributed by atoms with E-state index in [4.69, 9.17) is 0 Å². The Kier molecular flexibility index (Phi) is 4.50. The minimum atomic E-state index is 0.168. The van der Waals surface area contributed by atoms with Crippen LogP contribution in [0.1, 0.15) is 20.3 Å². The zero-order valence-electron chi connectivity index (χ0n) is 5.89. The van der Waals surface area contributed by atoms with Crippen LogP contribution in [0.4, 0.5) is 0 Å². The molecule has 9 heavy (non-hydrogen) atoms. The molecule has 0 aromatic carbocycles. The molecule has 0 saturated heterocycles. The second-order valence-electron chi connectivity index (χ2n) is 1.79. The largest absolute Gasteiger partial charge is 0.288 e. The third-order valence-corrected chi connectivity index (χ3v) is 2.14. The molecular formula is C7H12OS. The SMILES string of the molecule is C=C[C@@H](CC)SC(C)=O. The van der Waals surface area contributed by atoms with E-state index in [2.05, 4.69) is 6.58 Å². The molecule has 1 atom stereocenters. The number of hydrogen-bond donors (Lipinski definition) is 0. The van der Waals surface area contributed by atoms with Gasteiger partial charge in [0.1, 0.15) is 0 Å². The first-order valence-corrected chi connectivity index (χ1v) is 3.88. The average Bonchev–Trinajstić information content (AvgIpc) is 1.82. The van der Waals surface area contributed by atoms with Crippen molar-refractivity contribution in [1.82, 2.24) is 0 Å². The second kappa shape index (κ2) is 4.62. The summed E-state index contributed by atoms with van der Waals surface area (Å²) in [6.45, 7) is 7.24. The van der Waals surface area contributed by atoms with Crippen molar-refractivity contribution in [3.63, 3.8) is 0 Å². The minimum Gasteiger partial charge on any atom is -0.288 e. The van der Waals surface area contributed by atoms with Gasteiger partial charge >= 0.3 is 0 Å². The number of hydrogen-bond acceptors (Lipinski definition) is 2. The Morgan fingerprint density at radius 3 is 2.56 bits per heavy atom. The smallest absolute Gasteiger partial charge is 0.186 e. The van der Waals surface area contributed by atoms with E-state index in [1.54, 1.807) is 6.92 Å². The summed E-state index contributed by atoms with van der Waals surface area (Å²) in [6, 6.07) is 0. The Hall–Kier alpha value is -0.240. The summed E-state index contributed by atoms with van der Waals surface area (Å²) in [7, 11) is 0. The number of rotatable bonds is 3. The topological polar surface area (TPSA) is 17.1 Å². The molecule has 0 heterocycles. The van der Waals surface area contributed by atoms with E-state index >= 15 is 0 Å². The van der Waals surface area contributed by atoms with E-state index in [1.165, 1.54) is 11.8 Å². The van der Waals surface area contributed by atoms with Crippen LogP contribution in [0.3, 0.4) is 0 Å². The van der Waals surface area contributed by atoms with Gasteiger partial charge < -0.3 is 0 Å². The molecule has 52 valence electrons. The number of carbonyl (C=O) groups is 1. The monoisotopic (exact) mass is 144 g/mol. The van der Waals surface area contributed by atoms with Gasteiger partial charge in [-0.2, -0.15) is 0 Å². The molecule has 0 bridgehead atoms. The quantitative estimate of drug-likeness (QED) is 0.565. The van der Waals surface area contributed by atoms with Crippen LogP contribution in [-0.4, -0.2) is 10.4 Å². The second-order valence-corrected chi connectivity index (χ2v) is 3.21. The fourth-order valence-electron chi connectivity index (χ4n) is 0.511. The van der Waals surface area contributed by atoms with Crippen LogP contribution in [-0.2, 0) is 4.79 Å². The molecule has 0 aromatic heterocycles. The molecule has 0 aliphatic rings. The van der Waals surface area contributed by atoms with Gasteiger partial charge in [-0.05, 0) is 6.42 Å². The zero-order chi connectivity index (χ0) is 7.28. The molecule has 0 N–H and O–H groups in total. The van der Waals surface area contributed by atoms with Gasteiger partial charge in [0.2, 0.25) is 0 Å². The molecule has 0 radical (unpaired) electrons. The third kappa shape index (κ3) is 4.28. The van der Waals surface area contributed by atoms with Gasteiger partial charge in [0, 0.05) is 12.2 Å². The fourth-order valence-corrected chi connectivity index (χ4v) is 1.20. The highest BCUT2D eigenvalue weighted by Crippen LogP contribution is 2.15. The Bertz CT molecular complexity index is 109. The molecule has 0 aromatic rings. The van der Waals surface area contributed by atoms with Gasteiger partial charge in [-0.25, -0.2) is 0 Å².